The number of rotatable bonds is 2. The lowest BCUT2D eigenvalue weighted by atomic mass is 10.1. The molecule has 0 unspecified atom stereocenters. The predicted octanol–water partition coefficient (Wildman–Crippen LogP) is 2.03. The Hall–Kier alpha value is -1.55. The molecule has 114 valence electrons. The molecular formula is C17H25N3O. The first-order chi connectivity index (χ1) is 10.1. The zero-order chi connectivity index (χ0) is 14.8. The maximum atomic E-state index is 12.9. The molecule has 2 aliphatic heterocycles. The van der Waals surface area contributed by atoms with Gasteiger partial charge < -0.3 is 15.1 Å². The van der Waals surface area contributed by atoms with E-state index in [9.17, 15) is 4.79 Å². The van der Waals surface area contributed by atoms with Crippen LogP contribution in [0.15, 0.2) is 18.2 Å². The highest BCUT2D eigenvalue weighted by molar-refractivity contribution is 6.00. The highest BCUT2D eigenvalue weighted by Gasteiger charge is 2.26. The van der Waals surface area contributed by atoms with E-state index in [1.54, 1.807) is 0 Å². The number of anilines is 1. The quantitative estimate of drug-likeness (QED) is 0.904. The zero-order valence-electron chi connectivity index (χ0n) is 13.1. The summed E-state index contributed by atoms with van der Waals surface area (Å²) in [5, 5.41) is 3.40. The molecule has 0 spiro atoms. The van der Waals surface area contributed by atoms with Gasteiger partial charge in [-0.3, -0.25) is 4.79 Å². The molecule has 1 atom stereocenters. The summed E-state index contributed by atoms with van der Waals surface area (Å²) in [6.45, 7) is 8.82. The van der Waals surface area contributed by atoms with Gasteiger partial charge in [0.25, 0.3) is 5.91 Å². The molecule has 0 aliphatic carbocycles. The molecule has 0 aromatic heterocycles. The standard InChI is InChI=1S/C17H25N3O/c1-13-5-6-16(19-8-3-4-9-19)15(11-13)17(21)20-10-7-18-14(2)12-20/h5-6,11,14,18H,3-4,7-10,12H2,1-2H3/t14-/m0/s1. The minimum absolute atomic E-state index is 0.189. The van der Waals surface area contributed by atoms with Gasteiger partial charge in [0.2, 0.25) is 0 Å². The number of nitrogens with one attached hydrogen (secondary N) is 1. The number of carbonyl (C=O) groups is 1. The van der Waals surface area contributed by atoms with E-state index in [0.29, 0.717) is 6.04 Å². The van der Waals surface area contributed by atoms with Crippen LogP contribution in [-0.2, 0) is 0 Å². The summed E-state index contributed by atoms with van der Waals surface area (Å²) in [5.74, 6) is 0.189. The fraction of sp³-hybridized carbons (Fsp3) is 0.588. The predicted molar refractivity (Wildman–Crippen MR) is 86.0 cm³/mol. The lowest BCUT2D eigenvalue weighted by Crippen LogP contribution is -2.51. The first kappa shape index (κ1) is 14.4. The van der Waals surface area contributed by atoms with E-state index < -0.39 is 0 Å². The van der Waals surface area contributed by atoms with E-state index >= 15 is 0 Å². The van der Waals surface area contributed by atoms with Gasteiger partial charge in [0, 0.05) is 44.5 Å². The van der Waals surface area contributed by atoms with Crippen molar-refractivity contribution in [1.82, 2.24) is 10.2 Å². The van der Waals surface area contributed by atoms with Crippen LogP contribution in [0.1, 0.15) is 35.7 Å². The maximum Gasteiger partial charge on any atom is 0.256 e. The Morgan fingerprint density at radius 1 is 1.24 bits per heavy atom. The van der Waals surface area contributed by atoms with Crippen LogP contribution in [0.25, 0.3) is 0 Å². The summed E-state index contributed by atoms with van der Waals surface area (Å²) in [4.78, 5) is 17.3. The SMILES string of the molecule is Cc1ccc(N2CCCC2)c(C(=O)N2CCN[C@@H](C)C2)c1. The number of hydrogen-bond donors (Lipinski definition) is 1. The number of carbonyl (C=O) groups excluding carboxylic acids is 1. The van der Waals surface area contributed by atoms with Crippen molar-refractivity contribution in [2.24, 2.45) is 0 Å². The third-order valence-electron chi connectivity index (χ3n) is 4.49. The largest absolute Gasteiger partial charge is 0.371 e. The van der Waals surface area contributed by atoms with E-state index in [2.05, 4.69) is 42.3 Å². The van der Waals surface area contributed by atoms with E-state index in [-0.39, 0.29) is 5.91 Å². The van der Waals surface area contributed by atoms with Gasteiger partial charge in [0.1, 0.15) is 0 Å². The Balaban J connectivity index is 1.88. The number of piperazine rings is 1. The molecule has 4 heteroatoms. The Morgan fingerprint density at radius 3 is 2.71 bits per heavy atom. The highest BCUT2D eigenvalue weighted by Crippen LogP contribution is 2.27. The number of amides is 1. The monoisotopic (exact) mass is 287 g/mol. The molecule has 1 amide bonds. The highest BCUT2D eigenvalue weighted by atomic mass is 16.2. The van der Waals surface area contributed by atoms with E-state index in [0.717, 1.165) is 49.5 Å². The molecular weight excluding hydrogens is 262 g/mol. The molecule has 2 saturated heterocycles. The Morgan fingerprint density at radius 2 is 2.00 bits per heavy atom. The molecule has 21 heavy (non-hydrogen) atoms. The van der Waals surface area contributed by atoms with Crippen LogP contribution in [0.4, 0.5) is 5.69 Å². The lowest BCUT2D eigenvalue weighted by molar-refractivity contribution is 0.0709. The molecule has 3 rings (SSSR count). The number of aryl methyl sites for hydroxylation is 1. The summed E-state index contributed by atoms with van der Waals surface area (Å²) in [6.07, 6.45) is 2.46. The second-order valence-electron chi connectivity index (χ2n) is 6.32. The first-order valence-corrected chi connectivity index (χ1v) is 8.03. The summed E-state index contributed by atoms with van der Waals surface area (Å²) >= 11 is 0. The smallest absolute Gasteiger partial charge is 0.256 e. The van der Waals surface area contributed by atoms with Crippen LogP contribution >= 0.6 is 0 Å². The molecule has 1 N–H and O–H groups in total. The summed E-state index contributed by atoms with van der Waals surface area (Å²) in [6, 6.07) is 6.68. The fourth-order valence-corrected chi connectivity index (χ4v) is 3.34. The average Bonchev–Trinajstić information content (AvgIpc) is 3.00. The normalized spacial score (nSPS) is 22.7. The van der Waals surface area contributed by atoms with Crippen molar-refractivity contribution in [1.29, 1.82) is 0 Å². The molecule has 0 bridgehead atoms. The Bertz CT molecular complexity index is 523. The van der Waals surface area contributed by atoms with E-state index in [4.69, 9.17) is 0 Å². The van der Waals surface area contributed by atoms with Crippen LogP contribution in [0.5, 0.6) is 0 Å². The van der Waals surface area contributed by atoms with Crippen LogP contribution < -0.4 is 10.2 Å². The van der Waals surface area contributed by atoms with Gasteiger partial charge in [-0.05, 0) is 38.8 Å². The van der Waals surface area contributed by atoms with Crippen molar-refractivity contribution in [3.63, 3.8) is 0 Å². The Kier molecular flexibility index (Phi) is 4.15. The summed E-state index contributed by atoms with van der Waals surface area (Å²) in [7, 11) is 0. The molecule has 2 fully saturated rings. The molecule has 2 heterocycles. The Labute approximate surface area is 127 Å². The number of nitrogens with zero attached hydrogens (tertiary/aromatic N) is 2. The third kappa shape index (κ3) is 3.05. The molecule has 0 saturated carbocycles. The minimum Gasteiger partial charge on any atom is -0.371 e. The molecule has 2 aliphatic rings. The topological polar surface area (TPSA) is 35.6 Å². The van der Waals surface area contributed by atoms with Crippen LogP contribution in [-0.4, -0.2) is 49.6 Å². The summed E-state index contributed by atoms with van der Waals surface area (Å²) < 4.78 is 0. The second kappa shape index (κ2) is 6.06. The average molecular weight is 287 g/mol. The maximum absolute atomic E-state index is 12.9. The molecule has 0 radical (unpaired) electrons. The van der Waals surface area contributed by atoms with Gasteiger partial charge in [0.15, 0.2) is 0 Å². The molecule has 1 aromatic carbocycles. The minimum atomic E-state index is 0.189. The van der Waals surface area contributed by atoms with Gasteiger partial charge in [-0.2, -0.15) is 0 Å². The second-order valence-corrected chi connectivity index (χ2v) is 6.32. The first-order valence-electron chi connectivity index (χ1n) is 8.03. The van der Waals surface area contributed by atoms with E-state index in [1.807, 2.05) is 4.90 Å². The zero-order valence-corrected chi connectivity index (χ0v) is 13.1. The third-order valence-corrected chi connectivity index (χ3v) is 4.49. The molecule has 4 nitrogen and oxygen atoms in total. The number of hydrogen-bond acceptors (Lipinski definition) is 3. The van der Waals surface area contributed by atoms with Gasteiger partial charge in [-0.25, -0.2) is 0 Å². The lowest BCUT2D eigenvalue weighted by Gasteiger charge is -2.33. The van der Waals surface area contributed by atoms with Crippen LogP contribution in [0, 0.1) is 6.92 Å². The van der Waals surface area contributed by atoms with Crippen molar-refractivity contribution < 1.29 is 4.79 Å². The van der Waals surface area contributed by atoms with Crippen LogP contribution in [0.2, 0.25) is 0 Å². The van der Waals surface area contributed by atoms with Crippen LogP contribution in [0.3, 0.4) is 0 Å². The van der Waals surface area contributed by atoms with Gasteiger partial charge in [0.05, 0.1) is 5.56 Å². The van der Waals surface area contributed by atoms with Crippen molar-refractivity contribution in [2.75, 3.05) is 37.6 Å². The van der Waals surface area contributed by atoms with Gasteiger partial charge in [-0.15, -0.1) is 0 Å². The van der Waals surface area contributed by atoms with Gasteiger partial charge in [-0.1, -0.05) is 11.6 Å². The molecule has 1 aromatic rings. The van der Waals surface area contributed by atoms with Crippen molar-refractivity contribution in [2.45, 2.75) is 32.7 Å². The van der Waals surface area contributed by atoms with Crippen molar-refractivity contribution in [3.8, 4) is 0 Å². The van der Waals surface area contributed by atoms with Gasteiger partial charge >= 0.3 is 0 Å². The van der Waals surface area contributed by atoms with E-state index in [1.165, 1.54) is 12.8 Å². The van der Waals surface area contributed by atoms with Crippen molar-refractivity contribution >= 4 is 11.6 Å². The number of benzene rings is 1. The fourth-order valence-electron chi connectivity index (χ4n) is 3.34. The van der Waals surface area contributed by atoms with Crippen molar-refractivity contribution in [3.05, 3.63) is 29.3 Å². The summed E-state index contributed by atoms with van der Waals surface area (Å²) in [5.41, 5.74) is 3.16.